The van der Waals surface area contributed by atoms with Crippen LogP contribution in [0.4, 0.5) is 18.9 Å². The molecule has 1 aliphatic rings. The molecule has 5 nitrogen and oxygen atoms in total. The summed E-state index contributed by atoms with van der Waals surface area (Å²) in [6.07, 6.45) is 0.270. The van der Waals surface area contributed by atoms with Crippen molar-refractivity contribution in [3.63, 3.8) is 0 Å². The monoisotopic (exact) mass is 393 g/mol. The number of rotatable bonds is 6. The zero-order valence-electron chi connectivity index (χ0n) is 15.5. The van der Waals surface area contributed by atoms with E-state index in [0.717, 1.165) is 36.3 Å². The van der Waals surface area contributed by atoms with Crippen LogP contribution in [0.1, 0.15) is 17.5 Å². The number of halogens is 3. The van der Waals surface area contributed by atoms with E-state index in [-0.39, 0.29) is 24.1 Å². The first-order chi connectivity index (χ1) is 13.3. The van der Waals surface area contributed by atoms with Crippen LogP contribution in [-0.2, 0) is 11.2 Å². The topological polar surface area (TPSA) is 54.5 Å². The maximum atomic E-state index is 12.3. The van der Waals surface area contributed by atoms with E-state index >= 15 is 0 Å². The van der Waals surface area contributed by atoms with Crippen LogP contribution in [-0.4, -0.2) is 42.8 Å². The molecule has 1 saturated heterocycles. The van der Waals surface area contributed by atoms with Crippen LogP contribution in [0.2, 0.25) is 0 Å². The van der Waals surface area contributed by atoms with Gasteiger partial charge in [-0.3, -0.25) is 9.78 Å². The van der Waals surface area contributed by atoms with Gasteiger partial charge in [0.1, 0.15) is 5.75 Å². The van der Waals surface area contributed by atoms with E-state index in [4.69, 9.17) is 0 Å². The number of alkyl halides is 3. The molecule has 1 fully saturated rings. The third-order valence-electron chi connectivity index (χ3n) is 4.47. The number of nitrogens with one attached hydrogen (secondary N) is 1. The molecule has 28 heavy (non-hydrogen) atoms. The third-order valence-corrected chi connectivity index (χ3v) is 4.47. The summed E-state index contributed by atoms with van der Waals surface area (Å²) < 4.78 is 41.1. The first kappa shape index (κ1) is 20.0. The molecule has 1 aromatic carbocycles. The van der Waals surface area contributed by atoms with Crippen LogP contribution in [0.25, 0.3) is 0 Å². The number of amides is 1. The Morgan fingerprint density at radius 3 is 2.71 bits per heavy atom. The predicted octanol–water partition coefficient (Wildman–Crippen LogP) is 3.27. The Labute approximate surface area is 161 Å². The zero-order chi connectivity index (χ0) is 20.1. The van der Waals surface area contributed by atoms with Gasteiger partial charge in [-0.15, -0.1) is 0 Å². The maximum Gasteiger partial charge on any atom is 0.422 e. The third kappa shape index (κ3) is 5.87. The highest BCUT2D eigenvalue weighted by atomic mass is 19.4. The van der Waals surface area contributed by atoms with E-state index in [9.17, 15) is 18.0 Å². The van der Waals surface area contributed by atoms with E-state index in [2.05, 4.69) is 26.0 Å². The van der Waals surface area contributed by atoms with Gasteiger partial charge in [0.25, 0.3) is 0 Å². The van der Waals surface area contributed by atoms with E-state index in [1.165, 1.54) is 12.1 Å². The number of nitrogens with zero attached hydrogens (tertiary/aromatic N) is 2. The van der Waals surface area contributed by atoms with Crippen molar-refractivity contribution in [3.05, 3.63) is 53.9 Å². The van der Waals surface area contributed by atoms with Crippen molar-refractivity contribution in [1.82, 2.24) is 10.3 Å². The van der Waals surface area contributed by atoms with E-state index < -0.39 is 12.8 Å². The number of carbonyl (C=O) groups is 1. The number of aromatic nitrogens is 1. The lowest BCUT2D eigenvalue weighted by atomic mass is 10.1. The molecule has 1 N–H and O–H groups in total. The molecule has 1 aromatic heterocycles. The molecule has 3 rings (SSSR count). The van der Waals surface area contributed by atoms with Crippen molar-refractivity contribution in [2.75, 3.05) is 24.6 Å². The first-order valence-corrected chi connectivity index (χ1v) is 9.03. The Hall–Kier alpha value is -2.77. The van der Waals surface area contributed by atoms with E-state index in [0.29, 0.717) is 0 Å². The molecule has 2 heterocycles. The van der Waals surface area contributed by atoms with E-state index in [1.807, 2.05) is 13.1 Å². The lowest BCUT2D eigenvalue weighted by Gasteiger charge is -2.19. The molecule has 0 saturated carbocycles. The van der Waals surface area contributed by atoms with Gasteiger partial charge < -0.3 is 15.0 Å². The Balaban J connectivity index is 1.47. The Bertz CT molecular complexity index is 809. The van der Waals surface area contributed by atoms with Gasteiger partial charge in [0, 0.05) is 25.3 Å². The van der Waals surface area contributed by atoms with Crippen molar-refractivity contribution < 1.29 is 22.7 Å². The van der Waals surface area contributed by atoms with Gasteiger partial charge in [-0.1, -0.05) is 12.1 Å². The van der Waals surface area contributed by atoms with Crippen LogP contribution in [0, 0.1) is 6.92 Å². The van der Waals surface area contributed by atoms with Gasteiger partial charge in [-0.05, 0) is 42.7 Å². The molecule has 0 aliphatic carbocycles. The SMILES string of the molecule is Cc1cncc(N2CC[C@@H](NC(=O)Cc3ccc(OCC(F)(F)F)cc3)C2)c1. The zero-order valence-corrected chi connectivity index (χ0v) is 15.5. The van der Waals surface area contributed by atoms with Crippen molar-refractivity contribution >= 4 is 11.6 Å². The van der Waals surface area contributed by atoms with Crippen LogP contribution >= 0.6 is 0 Å². The molecule has 1 aliphatic heterocycles. The van der Waals surface area contributed by atoms with Gasteiger partial charge in [-0.2, -0.15) is 13.2 Å². The van der Waals surface area contributed by atoms with Crippen LogP contribution in [0.3, 0.4) is 0 Å². The molecule has 0 unspecified atom stereocenters. The fourth-order valence-corrected chi connectivity index (χ4v) is 3.16. The molecule has 1 atom stereocenters. The summed E-state index contributed by atoms with van der Waals surface area (Å²) in [4.78, 5) is 18.7. The highest BCUT2D eigenvalue weighted by Crippen LogP contribution is 2.21. The second kappa shape index (κ2) is 8.50. The number of aryl methyl sites for hydroxylation is 1. The summed E-state index contributed by atoms with van der Waals surface area (Å²) in [7, 11) is 0. The van der Waals surface area contributed by atoms with Gasteiger partial charge >= 0.3 is 6.18 Å². The highest BCUT2D eigenvalue weighted by molar-refractivity contribution is 5.79. The number of ether oxygens (including phenoxy) is 1. The lowest BCUT2D eigenvalue weighted by molar-refractivity contribution is -0.153. The molecule has 2 aromatic rings. The number of anilines is 1. The average Bonchev–Trinajstić information content (AvgIpc) is 3.09. The second-order valence-corrected chi connectivity index (χ2v) is 6.94. The minimum atomic E-state index is -4.37. The summed E-state index contributed by atoms with van der Waals surface area (Å²) in [5.74, 6) is 0.0119. The predicted molar refractivity (Wildman–Crippen MR) is 99.4 cm³/mol. The molecular formula is C20H22F3N3O2. The molecule has 0 radical (unpaired) electrons. The van der Waals surface area contributed by atoms with Gasteiger partial charge in [0.15, 0.2) is 6.61 Å². The molecule has 8 heteroatoms. The minimum Gasteiger partial charge on any atom is -0.484 e. The average molecular weight is 393 g/mol. The lowest BCUT2D eigenvalue weighted by Crippen LogP contribution is -2.38. The molecule has 0 spiro atoms. The normalized spacial score (nSPS) is 16.9. The van der Waals surface area contributed by atoms with Crippen LogP contribution in [0.5, 0.6) is 5.75 Å². The largest absolute Gasteiger partial charge is 0.484 e. The molecule has 1 amide bonds. The summed E-state index contributed by atoms with van der Waals surface area (Å²) in [5.41, 5.74) is 2.86. The van der Waals surface area contributed by atoms with Crippen molar-refractivity contribution in [2.24, 2.45) is 0 Å². The maximum absolute atomic E-state index is 12.3. The minimum absolute atomic E-state index is 0.0578. The number of benzene rings is 1. The Morgan fingerprint density at radius 2 is 2.04 bits per heavy atom. The summed E-state index contributed by atoms with van der Waals surface area (Å²) >= 11 is 0. The number of hydrogen-bond donors (Lipinski definition) is 1. The summed E-state index contributed by atoms with van der Waals surface area (Å²) in [5, 5.41) is 3.02. The van der Waals surface area contributed by atoms with Crippen molar-refractivity contribution in [2.45, 2.75) is 32.0 Å². The van der Waals surface area contributed by atoms with Crippen LogP contribution < -0.4 is 15.0 Å². The number of carbonyl (C=O) groups excluding carboxylic acids is 1. The smallest absolute Gasteiger partial charge is 0.422 e. The summed E-state index contributed by atoms with van der Waals surface area (Å²) in [6.45, 7) is 2.23. The fourth-order valence-electron chi connectivity index (χ4n) is 3.16. The quantitative estimate of drug-likeness (QED) is 0.819. The van der Waals surface area contributed by atoms with E-state index in [1.54, 1.807) is 18.3 Å². The second-order valence-electron chi connectivity index (χ2n) is 6.94. The molecule has 0 bridgehead atoms. The number of hydrogen-bond acceptors (Lipinski definition) is 4. The van der Waals surface area contributed by atoms with Crippen LogP contribution in [0.15, 0.2) is 42.7 Å². The van der Waals surface area contributed by atoms with Crippen molar-refractivity contribution in [3.8, 4) is 5.75 Å². The Kier molecular flexibility index (Phi) is 6.06. The van der Waals surface area contributed by atoms with Gasteiger partial charge in [0.05, 0.1) is 18.3 Å². The van der Waals surface area contributed by atoms with Crippen molar-refractivity contribution in [1.29, 1.82) is 0 Å². The molecular weight excluding hydrogens is 371 g/mol. The summed E-state index contributed by atoms with van der Waals surface area (Å²) in [6, 6.07) is 8.21. The Morgan fingerprint density at radius 1 is 1.29 bits per heavy atom. The highest BCUT2D eigenvalue weighted by Gasteiger charge is 2.28. The number of pyridine rings is 1. The first-order valence-electron chi connectivity index (χ1n) is 9.03. The molecule has 150 valence electrons. The van der Waals surface area contributed by atoms with Gasteiger partial charge in [-0.25, -0.2) is 0 Å². The van der Waals surface area contributed by atoms with Gasteiger partial charge in [0.2, 0.25) is 5.91 Å². The fraction of sp³-hybridized carbons (Fsp3) is 0.400. The standard InChI is InChI=1S/C20H22F3N3O2/c1-14-8-17(11-24-10-14)26-7-6-16(12-26)25-19(27)9-15-2-4-18(5-3-15)28-13-20(21,22)23/h2-5,8,10-11,16H,6-7,9,12-13H2,1H3,(H,25,27)/t16-/m1/s1.